The molecule has 10 rings (SSSR count). The Bertz CT molecular complexity index is 2190. The van der Waals surface area contributed by atoms with Gasteiger partial charge in [-0.2, -0.15) is 25.2 Å². The molecular weight excluding hydrogens is 1100 g/mol. The molecule has 2 fully saturated rings. The lowest BCUT2D eigenvalue weighted by atomic mass is 10.1. The van der Waals surface area contributed by atoms with Crippen LogP contribution >= 0.6 is 11.8 Å². The van der Waals surface area contributed by atoms with Crippen molar-refractivity contribution in [2.24, 2.45) is 4.99 Å². The van der Waals surface area contributed by atoms with Crippen LogP contribution in [0, 0.1) is 0 Å². The van der Waals surface area contributed by atoms with Gasteiger partial charge in [-0.1, -0.05) is 23.4 Å². The maximum Gasteiger partial charge on any atom is 0.138 e. The van der Waals surface area contributed by atoms with Crippen LogP contribution in [-0.2, 0) is 5.54 Å². The molecule has 0 aliphatic carbocycles. The molecule has 0 amide bonds. The molecule has 5 aromatic rings. The summed E-state index contributed by atoms with van der Waals surface area (Å²) in [6.07, 6.45) is 28.9. The summed E-state index contributed by atoms with van der Waals surface area (Å²) in [5.41, 5.74) is 4.98. The molecule has 0 bridgehead atoms. The van der Waals surface area contributed by atoms with E-state index in [-0.39, 0.29) is 16.6 Å². The predicted octanol–water partition coefficient (Wildman–Crippen LogP) is 12.0. The molecule has 490 valence electrons. The number of thioether (sulfide) groups is 1. The molecule has 0 spiro atoms. The Hall–Kier alpha value is -5.36. The molecule has 0 aromatic carbocycles. The van der Waals surface area contributed by atoms with Crippen molar-refractivity contribution < 1.29 is 0 Å². The molecule has 5 aromatic heterocycles. The quantitative estimate of drug-likeness (QED) is 0.167. The van der Waals surface area contributed by atoms with Crippen molar-refractivity contribution in [3.05, 3.63) is 86.7 Å². The summed E-state index contributed by atoms with van der Waals surface area (Å²) in [5.74, 6) is 2.54. The molecule has 1 N–H and O–H groups in total. The minimum absolute atomic E-state index is 0.128. The minimum atomic E-state index is 0.128. The van der Waals surface area contributed by atoms with Crippen molar-refractivity contribution >= 4 is 18.1 Å². The molecule has 0 atom stereocenters. The average molecular weight is 1220 g/mol. The SMILES string of the molecule is CC(C)(C)N1C=CCN1.CC(C)(C)N1C=NCC1.CC(C)(C)N1CC=CC1.CC(C)(C)N1CCCC1.CC(C)(C)N1CCSC1.CC(C)(C)n1cccn1.CC(C)n1ccnn1.CC(C)n1cncn1.CC(C)n1cnnn1.CC(C)n1nccn1. The molecule has 23 heteroatoms. The standard InChI is InChI=1S/C8H17N.C8H15N.2C7H14N2.C7H12N2.C7H15NS.3C5H9N3.C4H8N4/c2*1-8(2,3)9-6-4-5-7-9;1-7(2,3)9-5-4-8-6-9;2*1-7(2,3)9-6-4-5-8-9;1-7(2,3)8-4-5-9-6-8;1-5(2)8-4-6-3-7-8;1-5(2)8-4-3-6-7-8;1-5(2)8-6-3-4-7-8;1-4(2)8-3-5-6-7-8/h4-7H2,1-3H3;4-5H,6-7H2,1-3H3;6H,4-5H2,1-3H3;4,6,8H,5H2,1-3H3;4-6H,1-3H3;4-6H2,1-3H3;3*3-5H,1-2H3;3-4H,1-2H3. The van der Waals surface area contributed by atoms with Gasteiger partial charge in [-0.3, -0.25) is 33.7 Å². The van der Waals surface area contributed by atoms with Crippen LogP contribution in [0.4, 0.5) is 0 Å². The van der Waals surface area contributed by atoms with Gasteiger partial charge in [-0.15, -0.1) is 22.0 Å². The number of aliphatic imine (C=N–C) groups is 1. The van der Waals surface area contributed by atoms with Crippen molar-refractivity contribution in [3.63, 3.8) is 0 Å². The van der Waals surface area contributed by atoms with E-state index >= 15 is 0 Å². The van der Waals surface area contributed by atoms with Gasteiger partial charge in [-0.25, -0.2) is 15.1 Å². The van der Waals surface area contributed by atoms with E-state index in [0.717, 1.165) is 32.7 Å². The van der Waals surface area contributed by atoms with Crippen molar-refractivity contribution in [2.45, 2.75) is 250 Å². The van der Waals surface area contributed by atoms with Crippen LogP contribution in [0.15, 0.2) is 91.6 Å². The fourth-order valence-electron chi connectivity index (χ4n) is 7.61. The molecule has 0 radical (unpaired) electrons. The van der Waals surface area contributed by atoms with E-state index in [9.17, 15) is 0 Å². The van der Waals surface area contributed by atoms with Gasteiger partial charge in [0.05, 0.1) is 43.1 Å². The third kappa shape index (κ3) is 34.8. The first-order valence-corrected chi connectivity index (χ1v) is 32.2. The second-order valence-electron chi connectivity index (χ2n) is 28.5. The summed E-state index contributed by atoms with van der Waals surface area (Å²) < 4.78 is 7.24. The van der Waals surface area contributed by atoms with Crippen LogP contribution in [0.5, 0.6) is 0 Å². The minimum Gasteiger partial charge on any atom is -0.356 e. The van der Waals surface area contributed by atoms with E-state index < -0.39 is 0 Å². The van der Waals surface area contributed by atoms with Crippen LogP contribution < -0.4 is 5.43 Å². The number of nitrogens with one attached hydrogen (secondary N) is 1. The number of likely N-dealkylation sites (tertiary alicyclic amines) is 1. The molecule has 0 saturated carbocycles. The average Bonchev–Trinajstić information content (AvgIpc) is 4.45. The van der Waals surface area contributed by atoms with E-state index in [2.05, 4.69) is 263 Å². The third-order valence-electron chi connectivity index (χ3n) is 13.4. The van der Waals surface area contributed by atoms with Crippen molar-refractivity contribution in [2.75, 3.05) is 64.0 Å². The van der Waals surface area contributed by atoms with Gasteiger partial charge in [0.1, 0.15) is 19.0 Å². The number of hydrogen-bond donors (Lipinski definition) is 1. The topological polar surface area (TPSA) is 194 Å². The highest BCUT2D eigenvalue weighted by Gasteiger charge is 2.25. The summed E-state index contributed by atoms with van der Waals surface area (Å²) in [6, 6.07) is 3.54. The molecule has 2 saturated heterocycles. The zero-order valence-corrected chi connectivity index (χ0v) is 59.6. The molecule has 10 heterocycles. The highest BCUT2D eigenvalue weighted by Crippen LogP contribution is 2.23. The van der Waals surface area contributed by atoms with E-state index in [4.69, 9.17) is 0 Å². The first-order chi connectivity index (χ1) is 39.8. The number of nitrogens with zero attached hydrogens (tertiary/aromatic N) is 21. The second kappa shape index (κ2) is 38.8. The van der Waals surface area contributed by atoms with Gasteiger partial charge < -0.3 is 9.91 Å². The first-order valence-electron chi connectivity index (χ1n) is 31.1. The van der Waals surface area contributed by atoms with Crippen molar-refractivity contribution in [1.82, 2.24) is 105 Å². The van der Waals surface area contributed by atoms with Crippen LogP contribution in [0.3, 0.4) is 0 Å². The number of rotatable bonds is 4. The highest BCUT2D eigenvalue weighted by molar-refractivity contribution is 7.99. The number of hydrogen-bond acceptors (Lipinski definition) is 18. The Morgan fingerprint density at radius 1 is 0.488 bits per heavy atom. The summed E-state index contributed by atoms with van der Waals surface area (Å²) >= 11 is 2.03. The normalized spacial score (nSPS) is 16.2. The van der Waals surface area contributed by atoms with E-state index in [1.165, 1.54) is 44.1 Å². The summed E-state index contributed by atoms with van der Waals surface area (Å²) in [5, 5.41) is 36.0. The Balaban J connectivity index is 0.000000478. The maximum absolute atomic E-state index is 4.13. The molecule has 86 heavy (non-hydrogen) atoms. The van der Waals surface area contributed by atoms with Crippen LogP contribution in [0.1, 0.15) is 217 Å². The van der Waals surface area contributed by atoms with Crippen molar-refractivity contribution in [3.8, 4) is 0 Å². The van der Waals surface area contributed by atoms with Crippen LogP contribution in [0.2, 0.25) is 0 Å². The summed E-state index contributed by atoms with van der Waals surface area (Å²) in [4.78, 5) is 19.3. The van der Waals surface area contributed by atoms with Gasteiger partial charge in [0.2, 0.25) is 0 Å². The maximum atomic E-state index is 4.13. The number of tetrazole rings is 1. The first kappa shape index (κ1) is 78.7. The van der Waals surface area contributed by atoms with E-state index in [0.29, 0.717) is 40.8 Å². The van der Waals surface area contributed by atoms with E-state index in [1.54, 1.807) is 62.6 Å². The monoisotopic (exact) mass is 1220 g/mol. The Kier molecular flexibility index (Phi) is 35.5. The van der Waals surface area contributed by atoms with Crippen LogP contribution in [0.25, 0.3) is 0 Å². The molecule has 22 nitrogen and oxygen atoms in total. The fraction of sp³-hybridized carbons (Fsp3) is 0.762. The lowest BCUT2D eigenvalue weighted by molar-refractivity contribution is 0.158. The summed E-state index contributed by atoms with van der Waals surface area (Å²) in [7, 11) is 0. The van der Waals surface area contributed by atoms with Crippen LogP contribution in [-0.4, -0.2) is 197 Å². The number of hydrazine groups is 1. The van der Waals surface area contributed by atoms with Gasteiger partial charge in [0.15, 0.2) is 0 Å². The molecule has 5 aliphatic heterocycles. The Labute approximate surface area is 526 Å². The second-order valence-corrected chi connectivity index (χ2v) is 29.5. The van der Waals surface area contributed by atoms with Gasteiger partial charge in [0, 0.05) is 115 Å². The van der Waals surface area contributed by atoms with E-state index in [1.807, 2.05) is 68.9 Å². The smallest absolute Gasteiger partial charge is 0.138 e. The fourth-order valence-corrected chi connectivity index (χ4v) is 8.82. The zero-order chi connectivity index (χ0) is 65.4. The molecule has 5 aliphatic rings. The third-order valence-corrected chi connectivity index (χ3v) is 14.3. The van der Waals surface area contributed by atoms with Gasteiger partial charge in [0.25, 0.3) is 0 Å². The van der Waals surface area contributed by atoms with Gasteiger partial charge >= 0.3 is 0 Å². The lowest BCUT2D eigenvalue weighted by Crippen LogP contribution is -2.43. The lowest BCUT2D eigenvalue weighted by Gasteiger charge is -2.31. The predicted molar refractivity (Wildman–Crippen MR) is 360 cm³/mol. The number of aromatic nitrogens is 15. The highest BCUT2D eigenvalue weighted by atomic mass is 32.2. The largest absolute Gasteiger partial charge is 0.356 e. The molecule has 0 unspecified atom stereocenters. The zero-order valence-electron chi connectivity index (χ0n) is 58.8. The van der Waals surface area contributed by atoms with Crippen molar-refractivity contribution in [1.29, 1.82) is 0 Å². The Morgan fingerprint density at radius 2 is 1.07 bits per heavy atom. The summed E-state index contributed by atoms with van der Waals surface area (Å²) in [6.45, 7) is 65.5. The van der Waals surface area contributed by atoms with Gasteiger partial charge in [-0.05, 0) is 222 Å². The Morgan fingerprint density at radius 3 is 1.30 bits per heavy atom. The molecular formula is C63H122N22S.